The fourth-order valence-corrected chi connectivity index (χ4v) is 2.89. The van der Waals surface area contributed by atoms with Crippen molar-refractivity contribution in [2.75, 3.05) is 0 Å². The van der Waals surface area contributed by atoms with Gasteiger partial charge in [0.25, 0.3) is 5.91 Å². The Kier molecular flexibility index (Phi) is 3.48. The lowest BCUT2D eigenvalue weighted by atomic mass is 10.1. The van der Waals surface area contributed by atoms with Gasteiger partial charge in [0.15, 0.2) is 0 Å². The molecule has 1 atom stereocenters. The summed E-state index contributed by atoms with van der Waals surface area (Å²) in [6.07, 6.45) is 3.53. The predicted octanol–water partition coefficient (Wildman–Crippen LogP) is 0.226. The number of aryl methyl sites for hydroxylation is 1. The number of hydrogen-bond acceptors (Lipinski definition) is 5. The number of amides is 1. The van der Waals surface area contributed by atoms with Gasteiger partial charge in [-0.05, 0) is 37.0 Å². The summed E-state index contributed by atoms with van der Waals surface area (Å²) in [5, 5.41) is 7.07. The average molecular weight is 340 g/mol. The van der Waals surface area contributed by atoms with Crippen molar-refractivity contribution in [2.45, 2.75) is 18.9 Å². The molecule has 2 heterocycles. The molecule has 0 aliphatic heterocycles. The SMILES string of the molecule is Cn1ncnc1C(NC(=O)c1ccc2[nH]c(=O)c(=O)[nH]c2c1)C1CC1. The third-order valence-corrected chi connectivity index (χ3v) is 4.39. The quantitative estimate of drug-likeness (QED) is 0.586. The number of carbonyl (C=O) groups excluding carboxylic acids is 1. The molecule has 3 aromatic rings. The van der Waals surface area contributed by atoms with Crippen LogP contribution in [0.2, 0.25) is 0 Å². The van der Waals surface area contributed by atoms with Crippen molar-refractivity contribution in [3.05, 3.63) is 56.6 Å². The molecule has 1 aromatic carbocycles. The average Bonchev–Trinajstić information content (AvgIpc) is 3.34. The highest BCUT2D eigenvalue weighted by Crippen LogP contribution is 2.40. The molecule has 1 unspecified atom stereocenters. The molecule has 0 saturated heterocycles. The van der Waals surface area contributed by atoms with Crippen LogP contribution >= 0.6 is 0 Å². The monoisotopic (exact) mass is 340 g/mol. The van der Waals surface area contributed by atoms with Gasteiger partial charge in [-0.25, -0.2) is 4.98 Å². The molecule has 25 heavy (non-hydrogen) atoms. The molecule has 1 aliphatic carbocycles. The fraction of sp³-hybridized carbons (Fsp3) is 0.312. The molecule has 0 bridgehead atoms. The van der Waals surface area contributed by atoms with Crippen LogP contribution in [0.5, 0.6) is 0 Å². The normalized spacial score (nSPS) is 15.2. The van der Waals surface area contributed by atoms with Crippen LogP contribution in [0.4, 0.5) is 0 Å². The van der Waals surface area contributed by atoms with E-state index in [9.17, 15) is 14.4 Å². The number of H-pyrrole nitrogens is 2. The van der Waals surface area contributed by atoms with Gasteiger partial charge >= 0.3 is 11.1 Å². The molecule has 1 fully saturated rings. The molecule has 2 aromatic heterocycles. The molecule has 1 amide bonds. The van der Waals surface area contributed by atoms with E-state index in [0.717, 1.165) is 18.7 Å². The van der Waals surface area contributed by atoms with Gasteiger partial charge in [0.2, 0.25) is 0 Å². The Balaban J connectivity index is 1.65. The number of hydrogen-bond donors (Lipinski definition) is 3. The first-order valence-corrected chi connectivity index (χ1v) is 7.94. The lowest BCUT2D eigenvalue weighted by Gasteiger charge is -2.17. The highest BCUT2D eigenvalue weighted by Gasteiger charge is 2.36. The molecule has 1 aliphatic rings. The number of rotatable bonds is 4. The van der Waals surface area contributed by atoms with Gasteiger partial charge in [-0.3, -0.25) is 19.1 Å². The zero-order valence-electron chi connectivity index (χ0n) is 13.4. The van der Waals surface area contributed by atoms with E-state index in [0.29, 0.717) is 22.5 Å². The van der Waals surface area contributed by atoms with Crippen LogP contribution in [0, 0.1) is 5.92 Å². The van der Waals surface area contributed by atoms with Gasteiger partial charge in [0.05, 0.1) is 17.1 Å². The zero-order chi connectivity index (χ0) is 17.6. The highest BCUT2D eigenvalue weighted by atomic mass is 16.2. The molecule has 3 N–H and O–H groups in total. The lowest BCUT2D eigenvalue weighted by Crippen LogP contribution is -2.32. The Morgan fingerprint density at radius 1 is 1.24 bits per heavy atom. The van der Waals surface area contributed by atoms with E-state index in [4.69, 9.17) is 0 Å². The second-order valence-corrected chi connectivity index (χ2v) is 6.20. The molecular weight excluding hydrogens is 324 g/mol. The second-order valence-electron chi connectivity index (χ2n) is 6.20. The van der Waals surface area contributed by atoms with Crippen molar-refractivity contribution in [3.8, 4) is 0 Å². The van der Waals surface area contributed by atoms with Crippen molar-refractivity contribution in [1.29, 1.82) is 0 Å². The van der Waals surface area contributed by atoms with Crippen LogP contribution in [0.15, 0.2) is 34.1 Å². The maximum atomic E-state index is 12.7. The Labute approximate surface area is 141 Å². The predicted molar refractivity (Wildman–Crippen MR) is 89.1 cm³/mol. The molecule has 9 heteroatoms. The standard InChI is InChI=1S/C16H16N6O3/c1-22-13(17-7-18-22)12(8-2-3-8)21-14(23)9-4-5-10-11(6-9)20-16(25)15(24)19-10/h4-8,12H,2-3H2,1H3,(H,19,24)(H,20,25)(H,21,23). The number of fused-ring (bicyclic) bond motifs is 1. The van der Waals surface area contributed by atoms with Crippen LogP contribution in [0.25, 0.3) is 11.0 Å². The summed E-state index contributed by atoms with van der Waals surface area (Å²) >= 11 is 0. The van der Waals surface area contributed by atoms with E-state index in [1.165, 1.54) is 6.33 Å². The lowest BCUT2D eigenvalue weighted by molar-refractivity contribution is 0.0929. The zero-order valence-corrected chi connectivity index (χ0v) is 13.4. The summed E-state index contributed by atoms with van der Waals surface area (Å²) in [5.41, 5.74) is -0.212. The van der Waals surface area contributed by atoms with Gasteiger partial charge in [-0.15, -0.1) is 0 Å². The van der Waals surface area contributed by atoms with Gasteiger partial charge in [-0.1, -0.05) is 0 Å². The van der Waals surface area contributed by atoms with E-state index < -0.39 is 11.1 Å². The van der Waals surface area contributed by atoms with Crippen molar-refractivity contribution < 1.29 is 4.79 Å². The second kappa shape index (κ2) is 5.69. The first-order chi connectivity index (χ1) is 12.0. The van der Waals surface area contributed by atoms with Crippen LogP contribution < -0.4 is 16.4 Å². The summed E-state index contributed by atoms with van der Waals surface area (Å²) in [6, 6.07) is 4.54. The number of aromatic nitrogens is 5. The third-order valence-electron chi connectivity index (χ3n) is 4.39. The largest absolute Gasteiger partial charge is 0.342 e. The minimum Gasteiger partial charge on any atom is -0.342 e. The minimum absolute atomic E-state index is 0.203. The number of nitrogens with one attached hydrogen (secondary N) is 3. The van der Waals surface area contributed by atoms with Crippen LogP contribution in [0.1, 0.15) is 35.1 Å². The number of nitrogens with zero attached hydrogens (tertiary/aromatic N) is 3. The molecule has 128 valence electrons. The number of aromatic amines is 2. The van der Waals surface area contributed by atoms with Crippen molar-refractivity contribution in [3.63, 3.8) is 0 Å². The topological polar surface area (TPSA) is 126 Å². The fourth-order valence-electron chi connectivity index (χ4n) is 2.89. The summed E-state index contributed by atoms with van der Waals surface area (Å²) < 4.78 is 1.66. The van der Waals surface area contributed by atoms with Gasteiger partial charge in [0, 0.05) is 12.6 Å². The van der Waals surface area contributed by atoms with Gasteiger partial charge in [-0.2, -0.15) is 5.10 Å². The molecule has 1 saturated carbocycles. The minimum atomic E-state index is -0.750. The summed E-state index contributed by atoms with van der Waals surface area (Å²) in [6.45, 7) is 0. The van der Waals surface area contributed by atoms with Crippen molar-refractivity contribution in [1.82, 2.24) is 30.0 Å². The first kappa shape index (κ1) is 15.3. The Morgan fingerprint density at radius 2 is 1.96 bits per heavy atom. The van der Waals surface area contributed by atoms with E-state index in [2.05, 4.69) is 25.4 Å². The molecule has 4 rings (SSSR count). The van der Waals surface area contributed by atoms with E-state index >= 15 is 0 Å². The maximum Gasteiger partial charge on any atom is 0.314 e. The maximum absolute atomic E-state index is 12.7. The number of carbonyl (C=O) groups is 1. The summed E-state index contributed by atoms with van der Waals surface area (Å²) in [5.74, 6) is 0.798. The Hall–Kier alpha value is -3.23. The Bertz CT molecular complexity index is 1080. The molecule has 0 spiro atoms. The molecule has 0 radical (unpaired) electrons. The summed E-state index contributed by atoms with van der Waals surface area (Å²) in [7, 11) is 1.79. The van der Waals surface area contributed by atoms with Gasteiger partial charge < -0.3 is 15.3 Å². The Morgan fingerprint density at radius 3 is 2.60 bits per heavy atom. The van der Waals surface area contributed by atoms with E-state index in [-0.39, 0.29) is 11.9 Å². The smallest absolute Gasteiger partial charge is 0.314 e. The van der Waals surface area contributed by atoms with Crippen molar-refractivity contribution in [2.24, 2.45) is 13.0 Å². The summed E-state index contributed by atoms with van der Waals surface area (Å²) in [4.78, 5) is 44.7. The highest BCUT2D eigenvalue weighted by molar-refractivity contribution is 5.97. The van der Waals surface area contributed by atoms with Crippen molar-refractivity contribution >= 4 is 16.9 Å². The van der Waals surface area contributed by atoms with Crippen LogP contribution in [-0.2, 0) is 7.05 Å². The van der Waals surface area contributed by atoms with Crippen LogP contribution in [-0.4, -0.2) is 30.6 Å². The number of benzene rings is 1. The van der Waals surface area contributed by atoms with E-state index in [1.54, 1.807) is 29.9 Å². The van der Waals surface area contributed by atoms with Crippen LogP contribution in [0.3, 0.4) is 0 Å². The third kappa shape index (κ3) is 2.84. The molecular formula is C16H16N6O3. The van der Waals surface area contributed by atoms with Gasteiger partial charge in [0.1, 0.15) is 12.2 Å². The molecule has 9 nitrogen and oxygen atoms in total. The van der Waals surface area contributed by atoms with E-state index in [1.807, 2.05) is 0 Å². The first-order valence-electron chi connectivity index (χ1n) is 7.94.